The van der Waals surface area contributed by atoms with Crippen LogP contribution in [-0.4, -0.2) is 26.8 Å². The Bertz CT molecular complexity index is 484. The summed E-state index contributed by atoms with van der Waals surface area (Å²) in [6, 6.07) is 7.09. The predicted molar refractivity (Wildman–Crippen MR) is 66.0 cm³/mol. The van der Waals surface area contributed by atoms with Crippen LogP contribution >= 0.6 is 0 Å². The molecule has 2 rings (SSSR count). The van der Waals surface area contributed by atoms with Crippen LogP contribution in [0.3, 0.4) is 0 Å². The predicted octanol–water partition coefficient (Wildman–Crippen LogP) is 0.372. The Kier molecular flexibility index (Phi) is 3.47. The van der Waals surface area contributed by atoms with Gasteiger partial charge >= 0.3 is 0 Å². The van der Waals surface area contributed by atoms with Crippen molar-refractivity contribution in [1.29, 1.82) is 0 Å². The van der Waals surface area contributed by atoms with Crippen molar-refractivity contribution in [1.82, 2.24) is 19.9 Å². The second-order valence-corrected chi connectivity index (χ2v) is 4.58. The number of nitrogen functional groups attached to an aromatic ring is 1. The lowest BCUT2D eigenvalue weighted by Crippen LogP contribution is -2.18. The highest BCUT2D eigenvalue weighted by atomic mass is 32.2. The Hall–Kier alpha value is -1.77. The van der Waals surface area contributed by atoms with Crippen LogP contribution in [0.5, 0.6) is 0 Å². The van der Waals surface area contributed by atoms with Crippen molar-refractivity contribution in [3.63, 3.8) is 0 Å². The first-order valence-electron chi connectivity index (χ1n) is 4.83. The van der Waals surface area contributed by atoms with Gasteiger partial charge in [0.05, 0.1) is 11.4 Å². The molecule has 0 aliphatic rings. The Labute approximate surface area is 101 Å². The first kappa shape index (κ1) is 11.7. The fourth-order valence-electron chi connectivity index (χ4n) is 1.24. The van der Waals surface area contributed by atoms with Gasteiger partial charge in [-0.05, 0) is 24.3 Å². The van der Waals surface area contributed by atoms with E-state index < -0.39 is 11.4 Å². The van der Waals surface area contributed by atoms with E-state index in [2.05, 4.69) is 25.2 Å². The number of anilines is 3. The number of aromatic amines is 1. The summed E-state index contributed by atoms with van der Waals surface area (Å²) in [5.74, 6) is 0.644. The number of benzene rings is 1. The molecule has 17 heavy (non-hydrogen) atoms. The molecule has 0 aliphatic heterocycles. The van der Waals surface area contributed by atoms with Gasteiger partial charge in [0.2, 0.25) is 11.9 Å². The van der Waals surface area contributed by atoms with Crippen molar-refractivity contribution >= 4 is 28.9 Å². The first-order chi connectivity index (χ1) is 8.19. The van der Waals surface area contributed by atoms with Crippen LogP contribution in [0.15, 0.2) is 29.2 Å². The van der Waals surface area contributed by atoms with Gasteiger partial charge in [-0.15, -0.1) is 9.82 Å². The third-order valence-corrected chi connectivity index (χ3v) is 3.08. The molecule has 0 fully saturated rings. The lowest BCUT2D eigenvalue weighted by atomic mass is 10.3. The number of rotatable bonds is 4. The molecule has 0 aliphatic carbocycles. The number of nitrogens with one attached hydrogen (secondary N) is 3. The second-order valence-electron chi connectivity index (χ2n) is 3.17. The SMILES string of the molecule is CN[S+]([O-])c1ccc(Nc2n[nH]c(N)n2)cc1. The largest absolute Gasteiger partial charge is 0.593 e. The van der Waals surface area contributed by atoms with Gasteiger partial charge in [0.15, 0.2) is 4.90 Å². The summed E-state index contributed by atoms with van der Waals surface area (Å²) in [4.78, 5) is 4.61. The Balaban J connectivity index is 2.08. The molecule has 0 amide bonds. The van der Waals surface area contributed by atoms with Gasteiger partial charge in [0.25, 0.3) is 0 Å². The average molecular weight is 252 g/mol. The minimum atomic E-state index is -1.18. The molecule has 0 radical (unpaired) electrons. The van der Waals surface area contributed by atoms with Crippen LogP contribution in [0.25, 0.3) is 0 Å². The summed E-state index contributed by atoms with van der Waals surface area (Å²) >= 11 is -1.18. The Morgan fingerprint density at radius 2 is 2.06 bits per heavy atom. The maximum atomic E-state index is 11.4. The molecule has 5 N–H and O–H groups in total. The lowest BCUT2D eigenvalue weighted by Gasteiger charge is -2.07. The number of nitrogens with zero attached hydrogens (tertiary/aromatic N) is 2. The van der Waals surface area contributed by atoms with Crippen LogP contribution in [0.1, 0.15) is 0 Å². The maximum Gasteiger partial charge on any atom is 0.248 e. The molecule has 1 atom stereocenters. The van der Waals surface area contributed by atoms with Crippen molar-refractivity contribution in [2.24, 2.45) is 0 Å². The van der Waals surface area contributed by atoms with Crippen molar-refractivity contribution in [2.75, 3.05) is 18.1 Å². The standard InChI is InChI=1S/C9H12N6OS/c1-11-17(16)7-4-2-6(3-5-7)12-9-13-8(10)14-15-9/h2-5,11H,1H3,(H4,10,12,13,14,15). The minimum Gasteiger partial charge on any atom is -0.593 e. The highest BCUT2D eigenvalue weighted by Gasteiger charge is 2.08. The summed E-state index contributed by atoms with van der Waals surface area (Å²) in [7, 11) is 1.64. The topological polar surface area (TPSA) is 115 Å². The van der Waals surface area contributed by atoms with Crippen molar-refractivity contribution < 1.29 is 4.55 Å². The van der Waals surface area contributed by atoms with E-state index in [0.717, 1.165) is 5.69 Å². The summed E-state index contributed by atoms with van der Waals surface area (Å²) < 4.78 is 14.1. The quantitative estimate of drug-likeness (QED) is 0.584. The van der Waals surface area contributed by atoms with Gasteiger partial charge in [-0.2, -0.15) is 4.98 Å². The molecule has 2 aromatic rings. The van der Waals surface area contributed by atoms with E-state index in [1.165, 1.54) is 0 Å². The first-order valence-corrected chi connectivity index (χ1v) is 5.98. The summed E-state index contributed by atoms with van der Waals surface area (Å²) in [6.45, 7) is 0. The molecular weight excluding hydrogens is 240 g/mol. The highest BCUT2D eigenvalue weighted by molar-refractivity contribution is 7.89. The number of H-pyrrole nitrogens is 1. The van der Waals surface area contributed by atoms with Gasteiger partial charge in [0, 0.05) is 12.7 Å². The fourth-order valence-corrected chi connectivity index (χ4v) is 1.86. The van der Waals surface area contributed by atoms with Crippen molar-refractivity contribution in [3.8, 4) is 0 Å². The van der Waals surface area contributed by atoms with Gasteiger partial charge in [-0.3, -0.25) is 0 Å². The number of hydrogen-bond donors (Lipinski definition) is 4. The van der Waals surface area contributed by atoms with E-state index in [0.29, 0.717) is 10.8 Å². The zero-order chi connectivity index (χ0) is 12.3. The zero-order valence-electron chi connectivity index (χ0n) is 9.10. The van der Waals surface area contributed by atoms with E-state index in [1.54, 1.807) is 31.3 Å². The summed E-state index contributed by atoms with van der Waals surface area (Å²) in [5.41, 5.74) is 6.19. The van der Waals surface area contributed by atoms with Gasteiger partial charge in [0.1, 0.15) is 0 Å². The maximum absolute atomic E-state index is 11.4. The molecule has 1 heterocycles. The molecule has 90 valence electrons. The normalized spacial score (nSPS) is 12.4. The molecule has 0 saturated carbocycles. The summed E-state index contributed by atoms with van der Waals surface area (Å²) in [6.07, 6.45) is 0. The van der Waals surface area contributed by atoms with E-state index in [4.69, 9.17) is 5.73 Å². The van der Waals surface area contributed by atoms with E-state index in [-0.39, 0.29) is 5.95 Å². The van der Waals surface area contributed by atoms with E-state index >= 15 is 0 Å². The van der Waals surface area contributed by atoms with E-state index in [1.807, 2.05) is 0 Å². The third-order valence-electron chi connectivity index (χ3n) is 2.01. The summed E-state index contributed by atoms with van der Waals surface area (Å²) in [5, 5.41) is 9.32. The smallest absolute Gasteiger partial charge is 0.248 e. The molecule has 0 spiro atoms. The van der Waals surface area contributed by atoms with Crippen LogP contribution in [0.4, 0.5) is 17.6 Å². The number of nitrogens with two attached hydrogens (primary N) is 1. The Morgan fingerprint density at radius 3 is 2.59 bits per heavy atom. The fraction of sp³-hybridized carbons (Fsp3) is 0.111. The van der Waals surface area contributed by atoms with Crippen LogP contribution < -0.4 is 15.8 Å². The monoisotopic (exact) mass is 252 g/mol. The molecule has 0 saturated heterocycles. The van der Waals surface area contributed by atoms with Crippen LogP contribution in [-0.2, 0) is 11.4 Å². The average Bonchev–Trinajstić information content (AvgIpc) is 2.75. The number of hydrogen-bond acceptors (Lipinski definition) is 6. The van der Waals surface area contributed by atoms with Crippen molar-refractivity contribution in [3.05, 3.63) is 24.3 Å². The molecule has 1 aromatic heterocycles. The minimum absolute atomic E-state index is 0.250. The molecule has 1 unspecified atom stereocenters. The zero-order valence-corrected chi connectivity index (χ0v) is 9.91. The van der Waals surface area contributed by atoms with Gasteiger partial charge < -0.3 is 15.6 Å². The highest BCUT2D eigenvalue weighted by Crippen LogP contribution is 2.16. The molecule has 7 nitrogen and oxygen atoms in total. The Morgan fingerprint density at radius 1 is 1.35 bits per heavy atom. The lowest BCUT2D eigenvalue weighted by molar-refractivity contribution is 0.587. The van der Waals surface area contributed by atoms with Crippen molar-refractivity contribution in [2.45, 2.75) is 4.90 Å². The van der Waals surface area contributed by atoms with Gasteiger partial charge in [-0.25, -0.2) is 5.10 Å². The van der Waals surface area contributed by atoms with E-state index in [9.17, 15) is 4.55 Å². The molecule has 8 heteroatoms. The second kappa shape index (κ2) is 5.04. The third kappa shape index (κ3) is 2.87. The number of aromatic nitrogens is 3. The van der Waals surface area contributed by atoms with Gasteiger partial charge in [-0.1, -0.05) is 0 Å². The molecule has 0 bridgehead atoms. The molecular formula is C9H12N6OS. The molecule has 1 aromatic carbocycles. The van der Waals surface area contributed by atoms with Crippen LogP contribution in [0.2, 0.25) is 0 Å². The van der Waals surface area contributed by atoms with Crippen LogP contribution in [0, 0.1) is 0 Å².